The van der Waals surface area contributed by atoms with Crippen molar-refractivity contribution in [2.45, 2.75) is 19.6 Å². The van der Waals surface area contributed by atoms with Crippen LogP contribution in [0.15, 0.2) is 42.6 Å². The van der Waals surface area contributed by atoms with Gasteiger partial charge in [-0.1, -0.05) is 12.1 Å². The highest BCUT2D eigenvalue weighted by atomic mass is 19.4. The molecule has 0 spiro atoms. The lowest BCUT2D eigenvalue weighted by Gasteiger charge is -2.09. The lowest BCUT2D eigenvalue weighted by molar-refractivity contribution is -0.137. The van der Waals surface area contributed by atoms with Crippen LogP contribution in [0.1, 0.15) is 18.1 Å². The number of nitrogens with one attached hydrogen (secondary N) is 1. The van der Waals surface area contributed by atoms with Crippen LogP contribution in [-0.2, 0) is 12.7 Å². The number of benzene rings is 1. The van der Waals surface area contributed by atoms with Gasteiger partial charge in [-0.05, 0) is 36.8 Å². The lowest BCUT2D eigenvalue weighted by atomic mass is 10.2. The maximum Gasteiger partial charge on any atom is 0.417 e. The van der Waals surface area contributed by atoms with Crippen molar-refractivity contribution in [1.29, 1.82) is 0 Å². The summed E-state index contributed by atoms with van der Waals surface area (Å²) in [4.78, 5) is 3.76. The number of aromatic nitrogens is 1. The second-order valence-electron chi connectivity index (χ2n) is 4.36. The summed E-state index contributed by atoms with van der Waals surface area (Å²) < 4.78 is 42.6. The van der Waals surface area contributed by atoms with E-state index in [4.69, 9.17) is 4.74 Å². The maximum atomic E-state index is 12.4. The first-order chi connectivity index (χ1) is 9.99. The number of alkyl halides is 3. The Balaban J connectivity index is 1.98. The second-order valence-corrected chi connectivity index (χ2v) is 4.36. The number of halogens is 3. The van der Waals surface area contributed by atoms with Gasteiger partial charge in [0.25, 0.3) is 0 Å². The van der Waals surface area contributed by atoms with Crippen molar-refractivity contribution in [1.82, 2.24) is 4.98 Å². The Bertz CT molecular complexity index is 582. The summed E-state index contributed by atoms with van der Waals surface area (Å²) in [5.41, 5.74) is 0.203. The van der Waals surface area contributed by atoms with Gasteiger partial charge in [-0.2, -0.15) is 13.2 Å². The maximum absolute atomic E-state index is 12.4. The van der Waals surface area contributed by atoms with Gasteiger partial charge < -0.3 is 10.1 Å². The third kappa shape index (κ3) is 4.37. The largest absolute Gasteiger partial charge is 0.494 e. The van der Waals surface area contributed by atoms with Crippen LogP contribution in [0.5, 0.6) is 5.75 Å². The minimum absolute atomic E-state index is 0.393. The SMILES string of the molecule is CCOc1cccc(CNc2ccc(C(F)(F)F)cn2)c1. The molecule has 1 aromatic carbocycles. The van der Waals surface area contributed by atoms with E-state index in [2.05, 4.69) is 10.3 Å². The van der Waals surface area contributed by atoms with E-state index < -0.39 is 11.7 Å². The van der Waals surface area contributed by atoms with Crippen LogP contribution in [0, 0.1) is 0 Å². The fourth-order valence-corrected chi connectivity index (χ4v) is 1.77. The standard InChI is InChI=1S/C15H15F3N2O/c1-2-21-13-5-3-4-11(8-13)9-19-14-7-6-12(10-20-14)15(16,17)18/h3-8,10H,2,9H2,1H3,(H,19,20). The third-order valence-electron chi connectivity index (χ3n) is 2.77. The topological polar surface area (TPSA) is 34.1 Å². The predicted octanol–water partition coefficient (Wildman–Crippen LogP) is 4.11. The Hall–Kier alpha value is -2.24. The van der Waals surface area contributed by atoms with Crippen molar-refractivity contribution in [2.24, 2.45) is 0 Å². The molecule has 0 saturated heterocycles. The number of pyridine rings is 1. The van der Waals surface area contributed by atoms with Crippen molar-refractivity contribution in [3.05, 3.63) is 53.7 Å². The first-order valence-corrected chi connectivity index (χ1v) is 6.48. The Kier molecular flexibility index (Phi) is 4.67. The summed E-state index contributed by atoms with van der Waals surface area (Å²) in [5, 5.41) is 2.97. The van der Waals surface area contributed by atoms with Crippen molar-refractivity contribution in [2.75, 3.05) is 11.9 Å². The molecule has 2 rings (SSSR count). The Labute approximate surface area is 120 Å². The molecule has 0 atom stereocenters. The first-order valence-electron chi connectivity index (χ1n) is 6.48. The zero-order valence-electron chi connectivity index (χ0n) is 11.4. The molecule has 1 heterocycles. The van der Waals surface area contributed by atoms with Crippen LogP contribution in [0.2, 0.25) is 0 Å². The smallest absolute Gasteiger partial charge is 0.417 e. The molecule has 21 heavy (non-hydrogen) atoms. The van der Waals surface area contributed by atoms with Gasteiger partial charge in [-0.25, -0.2) is 4.98 Å². The highest BCUT2D eigenvalue weighted by Crippen LogP contribution is 2.28. The van der Waals surface area contributed by atoms with Crippen molar-refractivity contribution < 1.29 is 17.9 Å². The average molecular weight is 296 g/mol. The van der Waals surface area contributed by atoms with Gasteiger partial charge in [-0.15, -0.1) is 0 Å². The average Bonchev–Trinajstić information content (AvgIpc) is 2.45. The molecule has 0 aliphatic heterocycles. The summed E-state index contributed by atoms with van der Waals surface area (Å²) >= 11 is 0. The molecule has 0 radical (unpaired) electrons. The van der Waals surface area contributed by atoms with Gasteiger partial charge in [-0.3, -0.25) is 0 Å². The monoisotopic (exact) mass is 296 g/mol. The number of nitrogens with zero attached hydrogens (tertiary/aromatic N) is 1. The lowest BCUT2D eigenvalue weighted by Crippen LogP contribution is -2.07. The molecular weight excluding hydrogens is 281 g/mol. The summed E-state index contributed by atoms with van der Waals surface area (Å²) in [6.45, 7) is 2.94. The molecule has 0 fully saturated rings. The Morgan fingerprint density at radius 1 is 1.19 bits per heavy atom. The zero-order chi connectivity index (χ0) is 15.3. The van der Waals surface area contributed by atoms with Gasteiger partial charge in [0, 0.05) is 12.7 Å². The Morgan fingerprint density at radius 3 is 2.62 bits per heavy atom. The second kappa shape index (κ2) is 6.47. The van der Waals surface area contributed by atoms with Crippen LogP contribution in [0.3, 0.4) is 0 Å². The van der Waals surface area contributed by atoms with Gasteiger partial charge >= 0.3 is 6.18 Å². The van der Waals surface area contributed by atoms with E-state index in [-0.39, 0.29) is 0 Å². The number of hydrogen-bond donors (Lipinski definition) is 1. The number of hydrogen-bond acceptors (Lipinski definition) is 3. The molecule has 1 aromatic heterocycles. The quantitative estimate of drug-likeness (QED) is 0.901. The van der Waals surface area contributed by atoms with Crippen molar-refractivity contribution in [3.8, 4) is 5.75 Å². The van der Waals surface area contributed by atoms with E-state index >= 15 is 0 Å². The highest BCUT2D eigenvalue weighted by Gasteiger charge is 2.30. The van der Waals surface area contributed by atoms with Crippen LogP contribution >= 0.6 is 0 Å². The molecule has 0 amide bonds. The number of anilines is 1. The van der Waals surface area contributed by atoms with Gasteiger partial charge in [0.15, 0.2) is 0 Å². The van der Waals surface area contributed by atoms with Crippen LogP contribution in [0.25, 0.3) is 0 Å². The summed E-state index contributed by atoms with van der Waals surface area (Å²) in [5.74, 6) is 1.15. The minimum atomic E-state index is -4.36. The van der Waals surface area contributed by atoms with E-state index in [1.165, 1.54) is 6.07 Å². The zero-order valence-corrected chi connectivity index (χ0v) is 11.4. The van der Waals surface area contributed by atoms with E-state index in [0.717, 1.165) is 23.6 Å². The molecule has 2 aromatic rings. The summed E-state index contributed by atoms with van der Waals surface area (Å²) in [7, 11) is 0. The fourth-order valence-electron chi connectivity index (χ4n) is 1.77. The number of rotatable bonds is 5. The summed E-state index contributed by atoms with van der Waals surface area (Å²) in [6, 6.07) is 9.81. The molecule has 6 heteroatoms. The van der Waals surface area contributed by atoms with Gasteiger partial charge in [0.2, 0.25) is 0 Å². The fraction of sp³-hybridized carbons (Fsp3) is 0.267. The van der Waals surface area contributed by atoms with E-state index in [1.54, 1.807) is 0 Å². The first kappa shape index (κ1) is 15.2. The Morgan fingerprint density at radius 2 is 2.00 bits per heavy atom. The van der Waals surface area contributed by atoms with Crippen molar-refractivity contribution >= 4 is 5.82 Å². The molecular formula is C15H15F3N2O. The molecule has 0 bridgehead atoms. The summed E-state index contributed by atoms with van der Waals surface area (Å²) in [6.07, 6.45) is -3.55. The van der Waals surface area contributed by atoms with E-state index in [0.29, 0.717) is 19.0 Å². The van der Waals surface area contributed by atoms with E-state index in [1.807, 2.05) is 31.2 Å². The normalized spacial score (nSPS) is 11.2. The molecule has 0 aliphatic carbocycles. The van der Waals surface area contributed by atoms with Crippen LogP contribution in [-0.4, -0.2) is 11.6 Å². The van der Waals surface area contributed by atoms with Crippen LogP contribution < -0.4 is 10.1 Å². The molecule has 3 nitrogen and oxygen atoms in total. The molecule has 0 aliphatic rings. The van der Waals surface area contributed by atoms with Gasteiger partial charge in [0.1, 0.15) is 11.6 Å². The highest BCUT2D eigenvalue weighted by molar-refractivity contribution is 5.38. The predicted molar refractivity (Wildman–Crippen MR) is 74.2 cm³/mol. The molecule has 0 unspecified atom stereocenters. The molecule has 0 saturated carbocycles. The van der Waals surface area contributed by atoms with E-state index in [9.17, 15) is 13.2 Å². The van der Waals surface area contributed by atoms with Crippen molar-refractivity contribution in [3.63, 3.8) is 0 Å². The van der Waals surface area contributed by atoms with Gasteiger partial charge in [0.05, 0.1) is 12.2 Å². The minimum Gasteiger partial charge on any atom is -0.494 e. The number of ether oxygens (including phenoxy) is 1. The van der Waals surface area contributed by atoms with Crippen LogP contribution in [0.4, 0.5) is 19.0 Å². The molecule has 1 N–H and O–H groups in total. The molecule has 112 valence electrons. The third-order valence-corrected chi connectivity index (χ3v) is 2.77.